The maximum absolute atomic E-state index is 12.2. The molecule has 0 spiro atoms. The van der Waals surface area contributed by atoms with Gasteiger partial charge < -0.3 is 4.57 Å². The topological polar surface area (TPSA) is 87.8 Å². The third kappa shape index (κ3) is 4.05. The van der Waals surface area contributed by atoms with Crippen molar-refractivity contribution in [1.82, 2.24) is 14.3 Å². The van der Waals surface area contributed by atoms with E-state index in [0.717, 1.165) is 16.9 Å². The number of hydrogen-bond acceptors (Lipinski definition) is 4. The molecule has 0 fully saturated rings. The Kier molecular flexibility index (Phi) is 4.83. The van der Waals surface area contributed by atoms with E-state index >= 15 is 0 Å². The highest BCUT2D eigenvalue weighted by Crippen LogP contribution is 2.15. The second-order valence-corrected chi connectivity index (χ2v) is 7.57. The van der Waals surface area contributed by atoms with Gasteiger partial charge in [0, 0.05) is 13.1 Å². The van der Waals surface area contributed by atoms with Crippen LogP contribution in [0.2, 0.25) is 0 Å². The molecule has 7 heteroatoms. The number of aromatic nitrogens is 2. The zero-order chi connectivity index (χ0) is 17.9. The summed E-state index contributed by atoms with van der Waals surface area (Å²) in [7, 11) is -3.44. The molecule has 3 aromatic rings. The first kappa shape index (κ1) is 17.1. The van der Waals surface area contributed by atoms with Crippen LogP contribution >= 0.6 is 0 Å². The minimum atomic E-state index is -3.44. The molecule has 1 N–H and O–H groups in total. The summed E-state index contributed by atoms with van der Waals surface area (Å²) in [6, 6.07) is 16.3. The van der Waals surface area contributed by atoms with Gasteiger partial charge in [-0.05, 0) is 36.8 Å². The predicted molar refractivity (Wildman–Crippen MR) is 96.3 cm³/mol. The predicted octanol–water partition coefficient (Wildman–Crippen LogP) is 2.34. The Balaban J connectivity index is 1.64. The summed E-state index contributed by atoms with van der Waals surface area (Å²) < 4.78 is 29.1. The normalized spacial score (nSPS) is 11.5. The molecule has 3 rings (SSSR count). The Labute approximate surface area is 146 Å². The lowest BCUT2D eigenvalue weighted by molar-refractivity contribution is 0.572. The molecule has 0 aliphatic carbocycles. The average Bonchev–Trinajstić information content (AvgIpc) is 2.91. The van der Waals surface area contributed by atoms with Crippen molar-refractivity contribution in [3.63, 3.8) is 0 Å². The summed E-state index contributed by atoms with van der Waals surface area (Å²) in [5.41, 5.74) is 3.05. The Bertz CT molecular complexity index is 1030. The molecule has 0 bridgehead atoms. The monoisotopic (exact) mass is 354 g/mol. The number of sulfonamides is 1. The van der Waals surface area contributed by atoms with Gasteiger partial charge in [-0.15, -0.1) is 0 Å². The van der Waals surface area contributed by atoms with Crippen molar-refractivity contribution in [3.8, 4) is 6.07 Å². The standard InChI is InChI=1S/C18H18N4O2S/c1-14-21-17-4-2-3-5-18(17)22(14)11-10-20-25(23,24)13-16-8-6-15(12-19)7-9-16/h2-9,20H,10-11,13H2,1H3. The van der Waals surface area contributed by atoms with Crippen LogP contribution in [0.15, 0.2) is 48.5 Å². The minimum absolute atomic E-state index is 0.109. The van der Waals surface area contributed by atoms with Gasteiger partial charge in [0.1, 0.15) is 5.82 Å². The number of fused-ring (bicyclic) bond motifs is 1. The highest BCUT2D eigenvalue weighted by molar-refractivity contribution is 7.88. The zero-order valence-electron chi connectivity index (χ0n) is 13.8. The van der Waals surface area contributed by atoms with Crippen LogP contribution in [-0.2, 0) is 22.3 Å². The van der Waals surface area contributed by atoms with Crippen molar-refractivity contribution in [1.29, 1.82) is 5.26 Å². The van der Waals surface area contributed by atoms with E-state index in [1.807, 2.05) is 41.8 Å². The molecule has 1 aromatic heterocycles. The summed E-state index contributed by atoms with van der Waals surface area (Å²) in [6.45, 7) is 2.71. The van der Waals surface area contributed by atoms with Crippen molar-refractivity contribution < 1.29 is 8.42 Å². The molecule has 0 amide bonds. The van der Waals surface area contributed by atoms with Crippen LogP contribution in [0.25, 0.3) is 11.0 Å². The van der Waals surface area contributed by atoms with Crippen LogP contribution in [0.4, 0.5) is 0 Å². The molecule has 6 nitrogen and oxygen atoms in total. The van der Waals surface area contributed by atoms with E-state index in [4.69, 9.17) is 5.26 Å². The lowest BCUT2D eigenvalue weighted by Crippen LogP contribution is -2.28. The molecule has 0 aliphatic rings. The first-order valence-electron chi connectivity index (χ1n) is 7.87. The maximum Gasteiger partial charge on any atom is 0.215 e. The van der Waals surface area contributed by atoms with E-state index in [-0.39, 0.29) is 5.75 Å². The molecular weight excluding hydrogens is 336 g/mol. The fourth-order valence-corrected chi connectivity index (χ4v) is 3.87. The number of nitrogens with one attached hydrogen (secondary N) is 1. The quantitative estimate of drug-likeness (QED) is 0.736. The third-order valence-electron chi connectivity index (χ3n) is 3.94. The summed E-state index contributed by atoms with van der Waals surface area (Å²) >= 11 is 0. The van der Waals surface area contributed by atoms with Gasteiger partial charge in [-0.1, -0.05) is 24.3 Å². The first-order valence-corrected chi connectivity index (χ1v) is 9.52. The number of nitrogens with zero attached hydrogens (tertiary/aromatic N) is 3. The largest absolute Gasteiger partial charge is 0.327 e. The second kappa shape index (κ2) is 7.05. The van der Waals surface area contributed by atoms with Crippen molar-refractivity contribution in [2.75, 3.05) is 6.54 Å². The Morgan fingerprint density at radius 3 is 2.60 bits per heavy atom. The van der Waals surface area contributed by atoms with E-state index in [1.165, 1.54) is 0 Å². The Morgan fingerprint density at radius 1 is 1.16 bits per heavy atom. The van der Waals surface area contributed by atoms with Crippen molar-refractivity contribution in [3.05, 3.63) is 65.5 Å². The highest BCUT2D eigenvalue weighted by Gasteiger charge is 2.12. The van der Waals surface area contributed by atoms with Gasteiger partial charge in [0.2, 0.25) is 10.0 Å². The number of imidazole rings is 1. The van der Waals surface area contributed by atoms with E-state index in [1.54, 1.807) is 24.3 Å². The second-order valence-electron chi connectivity index (χ2n) is 5.76. The van der Waals surface area contributed by atoms with E-state index < -0.39 is 10.0 Å². The average molecular weight is 354 g/mol. The molecule has 0 radical (unpaired) electrons. The summed E-state index contributed by atoms with van der Waals surface area (Å²) in [6.07, 6.45) is 0. The molecule has 0 aliphatic heterocycles. The van der Waals surface area contributed by atoms with Crippen LogP contribution in [-0.4, -0.2) is 24.5 Å². The molecule has 25 heavy (non-hydrogen) atoms. The molecule has 128 valence electrons. The number of para-hydroxylation sites is 2. The van der Waals surface area contributed by atoms with Crippen molar-refractivity contribution >= 4 is 21.1 Å². The summed E-state index contributed by atoms with van der Waals surface area (Å²) in [5.74, 6) is 0.745. The highest BCUT2D eigenvalue weighted by atomic mass is 32.2. The number of aryl methyl sites for hydroxylation is 1. The van der Waals surface area contributed by atoms with Crippen LogP contribution in [0.1, 0.15) is 17.0 Å². The smallest absolute Gasteiger partial charge is 0.215 e. The Hall–Kier alpha value is -2.69. The molecule has 0 unspecified atom stereocenters. The van der Waals surface area contributed by atoms with Gasteiger partial charge >= 0.3 is 0 Å². The zero-order valence-corrected chi connectivity index (χ0v) is 14.6. The van der Waals surface area contributed by atoms with Gasteiger partial charge in [-0.25, -0.2) is 18.1 Å². The number of rotatable bonds is 6. The van der Waals surface area contributed by atoms with Gasteiger partial charge in [0.25, 0.3) is 0 Å². The lowest BCUT2D eigenvalue weighted by atomic mass is 10.2. The summed E-state index contributed by atoms with van der Waals surface area (Å²) in [5, 5.41) is 8.78. The molecule has 0 atom stereocenters. The van der Waals surface area contributed by atoms with Gasteiger partial charge in [0.15, 0.2) is 0 Å². The Morgan fingerprint density at radius 2 is 1.88 bits per heavy atom. The van der Waals surface area contributed by atoms with Crippen LogP contribution in [0.5, 0.6) is 0 Å². The molecule has 2 aromatic carbocycles. The fourth-order valence-electron chi connectivity index (χ4n) is 2.74. The SMILES string of the molecule is Cc1nc2ccccc2n1CCNS(=O)(=O)Cc1ccc(C#N)cc1. The first-order chi connectivity index (χ1) is 12.0. The van der Waals surface area contributed by atoms with Crippen LogP contribution < -0.4 is 4.72 Å². The number of nitriles is 1. The van der Waals surface area contributed by atoms with Gasteiger partial charge in [-0.3, -0.25) is 0 Å². The van der Waals surface area contributed by atoms with Crippen LogP contribution in [0, 0.1) is 18.3 Å². The molecular formula is C18H18N4O2S. The van der Waals surface area contributed by atoms with Crippen LogP contribution in [0.3, 0.4) is 0 Å². The molecule has 0 saturated heterocycles. The maximum atomic E-state index is 12.2. The summed E-state index contributed by atoms with van der Waals surface area (Å²) in [4.78, 5) is 4.47. The third-order valence-corrected chi connectivity index (χ3v) is 5.30. The number of hydrogen-bond donors (Lipinski definition) is 1. The lowest BCUT2D eigenvalue weighted by Gasteiger charge is -2.09. The minimum Gasteiger partial charge on any atom is -0.327 e. The van der Waals surface area contributed by atoms with Gasteiger partial charge in [-0.2, -0.15) is 5.26 Å². The van der Waals surface area contributed by atoms with Gasteiger partial charge in [0.05, 0.1) is 28.4 Å². The molecule has 1 heterocycles. The number of benzene rings is 2. The fraction of sp³-hybridized carbons (Fsp3) is 0.222. The van der Waals surface area contributed by atoms with E-state index in [0.29, 0.717) is 24.2 Å². The van der Waals surface area contributed by atoms with E-state index in [9.17, 15) is 8.42 Å². The molecule has 0 saturated carbocycles. The van der Waals surface area contributed by atoms with E-state index in [2.05, 4.69) is 9.71 Å². The van der Waals surface area contributed by atoms with Crippen molar-refractivity contribution in [2.45, 2.75) is 19.2 Å². The van der Waals surface area contributed by atoms with Crippen molar-refractivity contribution in [2.24, 2.45) is 0 Å².